The van der Waals surface area contributed by atoms with Crippen LogP contribution >= 0.6 is 23.4 Å². The highest BCUT2D eigenvalue weighted by molar-refractivity contribution is 7.99. The second-order valence-corrected chi connectivity index (χ2v) is 5.71. The molecule has 3 rings (SSSR count). The molecule has 0 atom stereocenters. The van der Waals surface area contributed by atoms with Gasteiger partial charge in [0.05, 0.1) is 5.56 Å². The summed E-state index contributed by atoms with van der Waals surface area (Å²) in [4.78, 5) is 14.6. The van der Waals surface area contributed by atoms with Gasteiger partial charge in [-0.2, -0.15) is 13.2 Å². The second-order valence-electron chi connectivity index (χ2n) is 4.24. The molecule has 0 aliphatic carbocycles. The second kappa shape index (κ2) is 5.33. The van der Waals surface area contributed by atoms with Gasteiger partial charge in [-0.05, 0) is 18.2 Å². The predicted molar refractivity (Wildman–Crippen MR) is 76.7 cm³/mol. The molecule has 1 aromatic carbocycles. The molecule has 0 saturated carbocycles. The summed E-state index contributed by atoms with van der Waals surface area (Å²) in [7, 11) is 0. The maximum absolute atomic E-state index is 13.1. The van der Waals surface area contributed by atoms with E-state index >= 15 is 0 Å². The van der Waals surface area contributed by atoms with Crippen LogP contribution in [-0.2, 0) is 6.18 Å². The largest absolute Gasteiger partial charge is 0.417 e. The van der Waals surface area contributed by atoms with Crippen LogP contribution in [-0.4, -0.2) is 19.9 Å². The van der Waals surface area contributed by atoms with Crippen LogP contribution in [0.25, 0.3) is 11.2 Å². The van der Waals surface area contributed by atoms with Crippen molar-refractivity contribution in [2.24, 2.45) is 0 Å². The van der Waals surface area contributed by atoms with Gasteiger partial charge >= 0.3 is 6.18 Å². The van der Waals surface area contributed by atoms with E-state index in [0.717, 1.165) is 17.8 Å². The molecule has 10 heteroatoms. The van der Waals surface area contributed by atoms with Gasteiger partial charge in [0.1, 0.15) is 6.33 Å². The molecule has 0 aliphatic rings. The summed E-state index contributed by atoms with van der Waals surface area (Å²) in [6.45, 7) is 0. The number of nitrogen functional groups attached to an aromatic ring is 1. The highest BCUT2D eigenvalue weighted by Gasteiger charge is 2.34. The van der Waals surface area contributed by atoms with Crippen molar-refractivity contribution in [1.29, 1.82) is 0 Å². The first-order valence-electron chi connectivity index (χ1n) is 5.85. The number of anilines is 1. The van der Waals surface area contributed by atoms with Crippen LogP contribution in [0.2, 0.25) is 5.02 Å². The number of fused-ring (bicyclic) bond motifs is 1. The number of nitrogens with two attached hydrogens (primary N) is 1. The third-order valence-electron chi connectivity index (χ3n) is 2.74. The Morgan fingerprint density at radius 3 is 2.68 bits per heavy atom. The number of hydrogen-bond donors (Lipinski definition) is 2. The lowest BCUT2D eigenvalue weighted by molar-refractivity contribution is -0.139. The van der Waals surface area contributed by atoms with E-state index in [1.165, 1.54) is 18.5 Å². The maximum Gasteiger partial charge on any atom is 0.417 e. The lowest BCUT2D eigenvalue weighted by atomic mass is 10.2. The van der Waals surface area contributed by atoms with Gasteiger partial charge < -0.3 is 10.7 Å². The number of benzene rings is 1. The minimum atomic E-state index is -4.52. The van der Waals surface area contributed by atoms with Crippen molar-refractivity contribution in [2.75, 3.05) is 5.73 Å². The Hall–Kier alpha value is -2.00. The Labute approximate surface area is 131 Å². The summed E-state index contributed by atoms with van der Waals surface area (Å²) >= 11 is 6.46. The van der Waals surface area contributed by atoms with Gasteiger partial charge in [-0.15, -0.1) is 0 Å². The number of nitrogens with one attached hydrogen (secondary N) is 1. The summed E-state index contributed by atoms with van der Waals surface area (Å²) < 4.78 is 39.2. The Bertz CT molecular complexity index is 848. The summed E-state index contributed by atoms with van der Waals surface area (Å²) in [6.07, 6.45) is -3.27. The molecule has 0 fully saturated rings. The molecule has 0 unspecified atom stereocenters. The summed E-state index contributed by atoms with van der Waals surface area (Å²) in [5, 5.41) is 0.242. The van der Waals surface area contributed by atoms with Gasteiger partial charge in [0.2, 0.25) is 0 Å². The molecule has 5 nitrogen and oxygen atoms in total. The predicted octanol–water partition coefficient (Wildman–Crippen LogP) is 3.76. The molecule has 3 N–H and O–H groups in total. The fourth-order valence-corrected chi connectivity index (χ4v) is 2.88. The van der Waals surface area contributed by atoms with Gasteiger partial charge in [0.25, 0.3) is 0 Å². The van der Waals surface area contributed by atoms with Crippen LogP contribution < -0.4 is 5.73 Å². The standard InChI is InChI=1S/C12H7ClF3N5S/c13-5-1-2-7(6(3-5)12(14,15)16)22-11-20-8-9(17)18-4-19-10(8)21-11/h1-4H,(H3,17,18,19,20,21). The van der Waals surface area contributed by atoms with Crippen LogP contribution in [0.3, 0.4) is 0 Å². The third kappa shape index (κ3) is 2.81. The molecular formula is C12H7ClF3N5S. The van der Waals surface area contributed by atoms with Crippen molar-refractivity contribution in [2.45, 2.75) is 16.2 Å². The highest BCUT2D eigenvalue weighted by Crippen LogP contribution is 2.40. The first-order valence-corrected chi connectivity index (χ1v) is 7.05. The van der Waals surface area contributed by atoms with Crippen molar-refractivity contribution in [3.05, 3.63) is 35.1 Å². The number of halogens is 4. The van der Waals surface area contributed by atoms with Crippen molar-refractivity contribution in [1.82, 2.24) is 19.9 Å². The third-order valence-corrected chi connectivity index (χ3v) is 3.94. The molecule has 0 bridgehead atoms. The maximum atomic E-state index is 13.1. The summed E-state index contributed by atoms with van der Waals surface area (Å²) in [5.41, 5.74) is 5.48. The monoisotopic (exact) mass is 345 g/mol. The molecule has 0 spiro atoms. The number of alkyl halides is 3. The van der Waals surface area contributed by atoms with E-state index in [2.05, 4.69) is 19.9 Å². The van der Waals surface area contributed by atoms with Crippen LogP contribution in [0.1, 0.15) is 5.56 Å². The van der Waals surface area contributed by atoms with Crippen molar-refractivity contribution in [3.8, 4) is 0 Å². The summed E-state index contributed by atoms with van der Waals surface area (Å²) in [6, 6.07) is 3.55. The fourth-order valence-electron chi connectivity index (χ4n) is 1.79. The molecule has 3 aromatic rings. The van der Waals surface area contributed by atoms with Crippen molar-refractivity contribution >= 4 is 40.3 Å². The Kier molecular flexibility index (Phi) is 3.61. The van der Waals surface area contributed by atoms with Gasteiger partial charge in [-0.25, -0.2) is 15.0 Å². The number of aromatic nitrogens is 4. The number of imidazole rings is 1. The average Bonchev–Trinajstić information content (AvgIpc) is 2.84. The smallest absolute Gasteiger partial charge is 0.382 e. The molecule has 2 aromatic heterocycles. The van der Waals surface area contributed by atoms with Crippen LogP contribution in [0.5, 0.6) is 0 Å². The summed E-state index contributed by atoms with van der Waals surface area (Å²) in [5.74, 6) is 0.153. The van der Waals surface area contributed by atoms with E-state index in [1.807, 2.05) is 0 Å². The number of aromatic amines is 1. The molecule has 2 heterocycles. The molecule has 22 heavy (non-hydrogen) atoms. The lowest BCUT2D eigenvalue weighted by Crippen LogP contribution is -2.06. The van der Waals surface area contributed by atoms with Crippen LogP contribution in [0.15, 0.2) is 34.6 Å². The van der Waals surface area contributed by atoms with Gasteiger partial charge in [0.15, 0.2) is 22.1 Å². The van der Waals surface area contributed by atoms with Gasteiger partial charge in [0, 0.05) is 9.92 Å². The molecule has 0 saturated heterocycles. The van der Waals surface area contributed by atoms with E-state index in [1.54, 1.807) is 0 Å². The van der Waals surface area contributed by atoms with Crippen molar-refractivity contribution < 1.29 is 13.2 Å². The zero-order valence-corrected chi connectivity index (χ0v) is 12.2. The number of nitrogens with zero attached hydrogens (tertiary/aromatic N) is 3. The minimum Gasteiger partial charge on any atom is -0.382 e. The van der Waals surface area contributed by atoms with E-state index in [9.17, 15) is 13.2 Å². The zero-order chi connectivity index (χ0) is 15.9. The quantitative estimate of drug-likeness (QED) is 0.739. The first kappa shape index (κ1) is 14.9. The Morgan fingerprint density at radius 2 is 2.00 bits per heavy atom. The van der Waals surface area contributed by atoms with E-state index in [-0.39, 0.29) is 20.9 Å². The van der Waals surface area contributed by atoms with E-state index in [4.69, 9.17) is 17.3 Å². The van der Waals surface area contributed by atoms with E-state index in [0.29, 0.717) is 11.2 Å². The van der Waals surface area contributed by atoms with Crippen LogP contribution in [0.4, 0.5) is 19.0 Å². The Morgan fingerprint density at radius 1 is 1.23 bits per heavy atom. The number of H-pyrrole nitrogens is 1. The molecule has 0 radical (unpaired) electrons. The van der Waals surface area contributed by atoms with Gasteiger partial charge in [-0.3, -0.25) is 0 Å². The molecule has 0 aliphatic heterocycles. The fraction of sp³-hybridized carbons (Fsp3) is 0.0833. The zero-order valence-electron chi connectivity index (χ0n) is 10.6. The Balaban J connectivity index is 2.03. The number of hydrogen-bond acceptors (Lipinski definition) is 5. The lowest BCUT2D eigenvalue weighted by Gasteiger charge is -2.11. The molecule has 114 valence electrons. The average molecular weight is 346 g/mol. The van der Waals surface area contributed by atoms with E-state index < -0.39 is 11.7 Å². The first-order chi connectivity index (χ1) is 10.3. The molecule has 0 amide bonds. The van der Waals surface area contributed by atoms with Crippen molar-refractivity contribution in [3.63, 3.8) is 0 Å². The highest BCUT2D eigenvalue weighted by atomic mass is 35.5. The molecular weight excluding hydrogens is 339 g/mol. The number of rotatable bonds is 2. The SMILES string of the molecule is Nc1ncnc2[nH]c(Sc3ccc(Cl)cc3C(F)(F)F)nc12. The van der Waals surface area contributed by atoms with Crippen LogP contribution in [0, 0.1) is 0 Å². The van der Waals surface area contributed by atoms with Gasteiger partial charge in [-0.1, -0.05) is 23.4 Å². The topological polar surface area (TPSA) is 80.5 Å². The minimum absolute atomic E-state index is 0.0105. The normalized spacial score (nSPS) is 12.0.